The van der Waals surface area contributed by atoms with Crippen LogP contribution in [-0.2, 0) is 0 Å². The van der Waals surface area contributed by atoms with Crippen LogP contribution in [0.3, 0.4) is 0 Å². The van der Waals surface area contributed by atoms with E-state index in [1.165, 1.54) is 22.3 Å². The minimum Gasteiger partial charge on any atom is -0.239 e. The van der Waals surface area contributed by atoms with E-state index in [1.54, 1.807) is 23.5 Å². The van der Waals surface area contributed by atoms with Crippen molar-refractivity contribution in [2.75, 3.05) is 11.5 Å². The van der Waals surface area contributed by atoms with E-state index in [1.807, 2.05) is 12.1 Å². The zero-order valence-electron chi connectivity index (χ0n) is 17.5. The fraction of sp³-hybridized carbons (Fsp3) is 0.0714. The van der Waals surface area contributed by atoms with Gasteiger partial charge in [-0.1, -0.05) is 84.9 Å². The fourth-order valence-electron chi connectivity index (χ4n) is 3.51. The van der Waals surface area contributed by atoms with Gasteiger partial charge < -0.3 is 0 Å². The molecule has 0 N–H and O–H groups in total. The standard InChI is InChI=1S/C28H22N2S2/c1-3-7-21(8-4-1)23-11-15-25(16-12-23)29-27-28(32-20-19-31-27)30-26-17-13-24(14-18-26)22-9-5-2-6-10-22/h1-18H,19-20H2. The van der Waals surface area contributed by atoms with Crippen LogP contribution in [0.2, 0.25) is 0 Å². The summed E-state index contributed by atoms with van der Waals surface area (Å²) in [6.07, 6.45) is 0. The van der Waals surface area contributed by atoms with Gasteiger partial charge >= 0.3 is 0 Å². The molecular weight excluding hydrogens is 428 g/mol. The molecule has 2 nitrogen and oxygen atoms in total. The molecule has 1 saturated heterocycles. The Morgan fingerprint density at radius 2 is 0.750 bits per heavy atom. The summed E-state index contributed by atoms with van der Waals surface area (Å²) in [7, 11) is 0. The van der Waals surface area contributed by atoms with Gasteiger partial charge in [0, 0.05) is 11.5 Å². The van der Waals surface area contributed by atoms with Gasteiger partial charge in [0.1, 0.15) is 10.1 Å². The second kappa shape index (κ2) is 10.0. The van der Waals surface area contributed by atoms with Gasteiger partial charge in [-0.3, -0.25) is 0 Å². The Bertz CT molecular complexity index is 1130. The molecule has 0 radical (unpaired) electrons. The summed E-state index contributed by atoms with van der Waals surface area (Å²) in [5, 5.41) is 2.00. The summed E-state index contributed by atoms with van der Waals surface area (Å²) in [5.41, 5.74) is 6.76. The van der Waals surface area contributed by atoms with Crippen molar-refractivity contribution < 1.29 is 0 Å². The maximum atomic E-state index is 4.92. The second-order valence-electron chi connectivity index (χ2n) is 7.36. The Morgan fingerprint density at radius 1 is 0.406 bits per heavy atom. The van der Waals surface area contributed by atoms with E-state index in [4.69, 9.17) is 9.98 Å². The molecule has 1 aliphatic heterocycles. The molecule has 1 aliphatic rings. The normalized spacial score (nSPS) is 16.4. The van der Waals surface area contributed by atoms with Crippen LogP contribution in [0.15, 0.2) is 119 Å². The van der Waals surface area contributed by atoms with Gasteiger partial charge in [-0.2, -0.15) is 0 Å². The van der Waals surface area contributed by atoms with Crippen molar-refractivity contribution in [1.82, 2.24) is 0 Å². The maximum Gasteiger partial charge on any atom is 0.129 e. The molecule has 0 unspecified atom stereocenters. The van der Waals surface area contributed by atoms with Crippen LogP contribution in [0.25, 0.3) is 22.3 Å². The Morgan fingerprint density at radius 3 is 1.12 bits per heavy atom. The number of hydrogen-bond donors (Lipinski definition) is 0. The largest absolute Gasteiger partial charge is 0.239 e. The first kappa shape index (κ1) is 20.8. The van der Waals surface area contributed by atoms with Gasteiger partial charge in [0.2, 0.25) is 0 Å². The molecule has 32 heavy (non-hydrogen) atoms. The first-order valence-electron chi connectivity index (χ1n) is 10.6. The number of thioether (sulfide) groups is 2. The smallest absolute Gasteiger partial charge is 0.129 e. The van der Waals surface area contributed by atoms with E-state index in [0.29, 0.717) is 0 Å². The van der Waals surface area contributed by atoms with E-state index in [0.717, 1.165) is 33.0 Å². The van der Waals surface area contributed by atoms with Crippen molar-refractivity contribution in [3.8, 4) is 22.3 Å². The number of rotatable bonds is 4. The molecular formula is C28H22N2S2. The molecule has 0 amide bonds. The van der Waals surface area contributed by atoms with Crippen LogP contribution in [0.5, 0.6) is 0 Å². The highest BCUT2D eigenvalue weighted by atomic mass is 32.2. The first-order valence-corrected chi connectivity index (χ1v) is 12.6. The lowest BCUT2D eigenvalue weighted by Gasteiger charge is -2.15. The van der Waals surface area contributed by atoms with E-state index in [9.17, 15) is 0 Å². The van der Waals surface area contributed by atoms with Gasteiger partial charge in [-0.25, -0.2) is 9.98 Å². The van der Waals surface area contributed by atoms with Crippen LogP contribution >= 0.6 is 23.5 Å². The van der Waals surface area contributed by atoms with Gasteiger partial charge in [0.15, 0.2) is 0 Å². The summed E-state index contributed by atoms with van der Waals surface area (Å²) in [6.45, 7) is 0. The Kier molecular flexibility index (Phi) is 6.52. The highest BCUT2D eigenvalue weighted by Crippen LogP contribution is 2.30. The molecule has 4 aromatic rings. The summed E-state index contributed by atoms with van der Waals surface area (Å²) in [5.74, 6) is 2.11. The molecule has 0 saturated carbocycles. The van der Waals surface area contributed by atoms with Crippen molar-refractivity contribution in [3.63, 3.8) is 0 Å². The van der Waals surface area contributed by atoms with Crippen molar-refractivity contribution in [1.29, 1.82) is 0 Å². The molecule has 1 fully saturated rings. The number of nitrogens with zero attached hydrogens (tertiary/aromatic N) is 2. The third-order valence-electron chi connectivity index (χ3n) is 5.15. The fourth-order valence-corrected chi connectivity index (χ4v) is 5.60. The van der Waals surface area contributed by atoms with Crippen molar-refractivity contribution in [3.05, 3.63) is 109 Å². The topological polar surface area (TPSA) is 24.7 Å². The molecule has 0 atom stereocenters. The van der Waals surface area contributed by atoms with Crippen molar-refractivity contribution >= 4 is 45.0 Å². The molecule has 156 valence electrons. The number of benzene rings is 4. The minimum atomic E-state index is 0.960. The van der Waals surface area contributed by atoms with E-state index in [-0.39, 0.29) is 0 Å². The average Bonchev–Trinajstić information content (AvgIpc) is 2.87. The molecule has 0 bridgehead atoms. The molecule has 5 rings (SSSR count). The highest BCUT2D eigenvalue weighted by molar-refractivity contribution is 8.27. The lowest BCUT2D eigenvalue weighted by atomic mass is 10.1. The Hall–Kier alpha value is -3.08. The predicted molar refractivity (Wildman–Crippen MR) is 143 cm³/mol. The molecule has 0 aliphatic carbocycles. The third-order valence-corrected chi connectivity index (χ3v) is 7.47. The second-order valence-corrected chi connectivity index (χ2v) is 9.52. The monoisotopic (exact) mass is 450 g/mol. The number of aliphatic imine (C=N–C) groups is 2. The van der Waals surface area contributed by atoms with Crippen molar-refractivity contribution in [2.45, 2.75) is 0 Å². The summed E-state index contributed by atoms with van der Waals surface area (Å²) in [4.78, 5) is 9.85. The zero-order valence-corrected chi connectivity index (χ0v) is 19.2. The van der Waals surface area contributed by atoms with E-state index >= 15 is 0 Å². The summed E-state index contributed by atoms with van der Waals surface area (Å²) < 4.78 is 0. The Labute approximate surface area is 197 Å². The number of hydrogen-bond acceptors (Lipinski definition) is 4. The van der Waals surface area contributed by atoms with Crippen molar-refractivity contribution in [2.24, 2.45) is 9.98 Å². The molecule has 0 aromatic heterocycles. The van der Waals surface area contributed by atoms with Gasteiger partial charge in [-0.15, -0.1) is 23.5 Å². The third kappa shape index (κ3) is 5.04. The average molecular weight is 451 g/mol. The summed E-state index contributed by atoms with van der Waals surface area (Å²) in [6, 6.07) is 37.7. The van der Waals surface area contributed by atoms with E-state index < -0.39 is 0 Å². The first-order chi connectivity index (χ1) is 15.8. The minimum absolute atomic E-state index is 0.960. The Balaban J connectivity index is 1.38. The lowest BCUT2D eigenvalue weighted by Crippen LogP contribution is -2.14. The molecule has 4 heteroatoms. The lowest BCUT2D eigenvalue weighted by molar-refractivity contribution is 1.50. The van der Waals surface area contributed by atoms with Crippen LogP contribution in [0, 0.1) is 0 Å². The van der Waals surface area contributed by atoms with Crippen LogP contribution in [0.1, 0.15) is 0 Å². The summed E-state index contributed by atoms with van der Waals surface area (Å²) >= 11 is 3.57. The SMILES string of the molecule is c1ccc(-c2ccc(N=C3SCCSC3=Nc3ccc(-c4ccccc4)cc3)cc2)cc1. The van der Waals surface area contributed by atoms with Crippen LogP contribution < -0.4 is 0 Å². The van der Waals surface area contributed by atoms with Crippen LogP contribution in [-0.4, -0.2) is 21.6 Å². The zero-order chi connectivity index (χ0) is 21.6. The predicted octanol–water partition coefficient (Wildman–Crippen LogP) is 8.26. The molecule has 4 aromatic carbocycles. The molecule has 1 heterocycles. The molecule has 0 spiro atoms. The van der Waals surface area contributed by atoms with Gasteiger partial charge in [-0.05, 0) is 46.5 Å². The van der Waals surface area contributed by atoms with Gasteiger partial charge in [0.05, 0.1) is 11.4 Å². The van der Waals surface area contributed by atoms with Gasteiger partial charge in [0.25, 0.3) is 0 Å². The highest BCUT2D eigenvalue weighted by Gasteiger charge is 2.17. The van der Waals surface area contributed by atoms with E-state index in [2.05, 4.69) is 97.1 Å². The van der Waals surface area contributed by atoms with Crippen LogP contribution in [0.4, 0.5) is 11.4 Å². The maximum absolute atomic E-state index is 4.92. The quantitative estimate of drug-likeness (QED) is 0.312.